The van der Waals surface area contributed by atoms with E-state index >= 15 is 0 Å². The molecule has 0 amide bonds. The standard InChI is InChI=1S/C19H29NO3.ClH/c1-15-13-20(14-16(2)23-15)8-9-21-10-11-22-19-7-6-17-4-3-5-18(17)12-19;/h6-7,12,15-16H,3-5,8-11,13-14H2,1-2H3;1H. The molecule has 2 unspecified atom stereocenters. The van der Waals surface area contributed by atoms with Gasteiger partial charge in [0.1, 0.15) is 12.4 Å². The van der Waals surface area contributed by atoms with Crippen molar-refractivity contribution < 1.29 is 14.2 Å². The van der Waals surface area contributed by atoms with E-state index in [1.165, 1.54) is 30.4 Å². The zero-order valence-electron chi connectivity index (χ0n) is 14.8. The van der Waals surface area contributed by atoms with E-state index in [-0.39, 0.29) is 12.4 Å². The number of fused-ring (bicyclic) bond motifs is 1. The molecule has 1 aliphatic carbocycles. The molecule has 0 aromatic heterocycles. The highest BCUT2D eigenvalue weighted by Crippen LogP contribution is 2.25. The van der Waals surface area contributed by atoms with Crippen LogP contribution in [0.15, 0.2) is 18.2 Å². The van der Waals surface area contributed by atoms with Crippen molar-refractivity contribution >= 4 is 12.4 Å². The molecular weight excluding hydrogens is 326 g/mol. The Balaban J connectivity index is 0.00000208. The lowest BCUT2D eigenvalue weighted by atomic mass is 10.1. The highest BCUT2D eigenvalue weighted by atomic mass is 35.5. The van der Waals surface area contributed by atoms with E-state index in [4.69, 9.17) is 14.2 Å². The van der Waals surface area contributed by atoms with Crippen molar-refractivity contribution in [2.24, 2.45) is 0 Å². The van der Waals surface area contributed by atoms with Crippen molar-refractivity contribution in [2.75, 3.05) is 39.5 Å². The molecule has 1 heterocycles. The first-order valence-electron chi connectivity index (χ1n) is 8.91. The van der Waals surface area contributed by atoms with Gasteiger partial charge in [0.05, 0.1) is 25.4 Å². The largest absolute Gasteiger partial charge is 0.491 e. The number of hydrogen-bond acceptors (Lipinski definition) is 4. The number of morpholine rings is 1. The van der Waals surface area contributed by atoms with Crippen molar-refractivity contribution in [3.63, 3.8) is 0 Å². The third kappa shape index (κ3) is 5.62. The first kappa shape index (κ1) is 19.5. The van der Waals surface area contributed by atoms with Gasteiger partial charge in [-0.3, -0.25) is 4.90 Å². The van der Waals surface area contributed by atoms with Crippen LogP contribution < -0.4 is 4.74 Å². The van der Waals surface area contributed by atoms with E-state index in [9.17, 15) is 0 Å². The van der Waals surface area contributed by atoms with Gasteiger partial charge in [0, 0.05) is 19.6 Å². The van der Waals surface area contributed by atoms with Crippen molar-refractivity contribution in [3.05, 3.63) is 29.3 Å². The highest BCUT2D eigenvalue weighted by molar-refractivity contribution is 5.85. The van der Waals surface area contributed by atoms with Crippen LogP contribution in [-0.4, -0.2) is 56.6 Å². The molecule has 1 fully saturated rings. The average molecular weight is 356 g/mol. The summed E-state index contributed by atoms with van der Waals surface area (Å²) in [5, 5.41) is 0. The van der Waals surface area contributed by atoms with Gasteiger partial charge in [0.25, 0.3) is 0 Å². The van der Waals surface area contributed by atoms with Crippen LogP contribution in [0.4, 0.5) is 0 Å². The molecular formula is C19H30ClNO3. The van der Waals surface area contributed by atoms with Crippen LogP contribution in [0.25, 0.3) is 0 Å². The Morgan fingerprint density at radius 2 is 1.79 bits per heavy atom. The third-order valence-corrected chi connectivity index (χ3v) is 4.61. The Kier molecular flexibility index (Phi) is 7.82. The second-order valence-corrected chi connectivity index (χ2v) is 6.76. The molecule has 0 N–H and O–H groups in total. The summed E-state index contributed by atoms with van der Waals surface area (Å²) >= 11 is 0. The first-order valence-corrected chi connectivity index (χ1v) is 8.91. The van der Waals surface area contributed by atoms with Crippen molar-refractivity contribution in [1.29, 1.82) is 0 Å². The average Bonchev–Trinajstić information content (AvgIpc) is 2.97. The topological polar surface area (TPSA) is 30.9 Å². The third-order valence-electron chi connectivity index (χ3n) is 4.61. The first-order chi connectivity index (χ1) is 11.2. The van der Waals surface area contributed by atoms with E-state index < -0.39 is 0 Å². The summed E-state index contributed by atoms with van der Waals surface area (Å²) in [5.74, 6) is 0.977. The lowest BCUT2D eigenvalue weighted by molar-refractivity contribution is -0.0734. The van der Waals surface area contributed by atoms with Gasteiger partial charge in [0.15, 0.2) is 0 Å². The maximum Gasteiger partial charge on any atom is 0.119 e. The number of rotatable bonds is 7. The van der Waals surface area contributed by atoms with Crippen LogP contribution in [-0.2, 0) is 22.3 Å². The molecule has 0 radical (unpaired) electrons. The number of benzene rings is 1. The monoisotopic (exact) mass is 355 g/mol. The van der Waals surface area contributed by atoms with Crippen LogP contribution >= 0.6 is 12.4 Å². The molecule has 2 aliphatic rings. The molecule has 1 saturated heterocycles. The predicted octanol–water partition coefficient (Wildman–Crippen LogP) is 3.10. The minimum atomic E-state index is 0. The lowest BCUT2D eigenvalue weighted by Crippen LogP contribution is -2.46. The highest BCUT2D eigenvalue weighted by Gasteiger charge is 2.21. The summed E-state index contributed by atoms with van der Waals surface area (Å²) in [5.41, 5.74) is 2.95. The van der Waals surface area contributed by atoms with E-state index in [1.807, 2.05) is 0 Å². The summed E-state index contributed by atoms with van der Waals surface area (Å²) in [7, 11) is 0. The molecule has 0 saturated carbocycles. The minimum Gasteiger partial charge on any atom is -0.491 e. The fourth-order valence-corrected chi connectivity index (χ4v) is 3.62. The molecule has 3 rings (SSSR count). The predicted molar refractivity (Wildman–Crippen MR) is 98.5 cm³/mol. The van der Waals surface area contributed by atoms with Crippen molar-refractivity contribution in [3.8, 4) is 5.75 Å². The molecule has 1 aromatic rings. The van der Waals surface area contributed by atoms with Crippen LogP contribution in [0.1, 0.15) is 31.4 Å². The van der Waals surface area contributed by atoms with E-state index in [2.05, 4.69) is 36.9 Å². The van der Waals surface area contributed by atoms with Gasteiger partial charge in [-0.05, 0) is 56.4 Å². The van der Waals surface area contributed by atoms with Gasteiger partial charge < -0.3 is 14.2 Å². The Labute approximate surface area is 151 Å². The van der Waals surface area contributed by atoms with Crippen molar-refractivity contribution in [2.45, 2.75) is 45.3 Å². The summed E-state index contributed by atoms with van der Waals surface area (Å²) in [6.45, 7) is 9.26. The number of hydrogen-bond donors (Lipinski definition) is 0. The molecule has 0 spiro atoms. The van der Waals surface area contributed by atoms with Crippen LogP contribution in [0.2, 0.25) is 0 Å². The zero-order chi connectivity index (χ0) is 16.1. The smallest absolute Gasteiger partial charge is 0.119 e. The Morgan fingerprint density at radius 3 is 2.58 bits per heavy atom. The minimum absolute atomic E-state index is 0. The van der Waals surface area contributed by atoms with Gasteiger partial charge in [0.2, 0.25) is 0 Å². The molecule has 4 nitrogen and oxygen atoms in total. The number of nitrogens with zero attached hydrogens (tertiary/aromatic N) is 1. The van der Waals surface area contributed by atoms with Crippen LogP contribution in [0.3, 0.4) is 0 Å². The summed E-state index contributed by atoms with van der Waals surface area (Å²) in [4.78, 5) is 2.42. The molecule has 24 heavy (non-hydrogen) atoms. The Morgan fingerprint density at radius 1 is 1.04 bits per heavy atom. The molecule has 2 atom stereocenters. The van der Waals surface area contributed by atoms with E-state index in [0.29, 0.717) is 25.4 Å². The van der Waals surface area contributed by atoms with Gasteiger partial charge in [-0.1, -0.05) is 6.07 Å². The number of ether oxygens (including phenoxy) is 3. The lowest BCUT2D eigenvalue weighted by Gasteiger charge is -2.35. The summed E-state index contributed by atoms with van der Waals surface area (Å²) in [6.07, 6.45) is 4.33. The zero-order valence-corrected chi connectivity index (χ0v) is 15.6. The van der Waals surface area contributed by atoms with Gasteiger partial charge in [-0.2, -0.15) is 0 Å². The fraction of sp³-hybridized carbons (Fsp3) is 0.684. The normalized spacial score (nSPS) is 23.6. The fourth-order valence-electron chi connectivity index (χ4n) is 3.62. The number of halogens is 1. The maximum atomic E-state index is 5.80. The molecule has 5 heteroatoms. The van der Waals surface area contributed by atoms with Crippen LogP contribution in [0.5, 0.6) is 5.75 Å². The molecule has 136 valence electrons. The second kappa shape index (κ2) is 9.62. The van der Waals surface area contributed by atoms with Gasteiger partial charge in [-0.15, -0.1) is 12.4 Å². The van der Waals surface area contributed by atoms with Crippen molar-refractivity contribution in [1.82, 2.24) is 4.90 Å². The second-order valence-electron chi connectivity index (χ2n) is 6.76. The number of aryl methyl sites for hydroxylation is 2. The van der Waals surface area contributed by atoms with Gasteiger partial charge >= 0.3 is 0 Å². The van der Waals surface area contributed by atoms with E-state index in [1.54, 1.807) is 0 Å². The van der Waals surface area contributed by atoms with Crippen LogP contribution in [0, 0.1) is 0 Å². The maximum absolute atomic E-state index is 5.80. The molecule has 1 aromatic carbocycles. The Bertz CT molecular complexity index is 501. The molecule has 1 aliphatic heterocycles. The van der Waals surface area contributed by atoms with Gasteiger partial charge in [-0.25, -0.2) is 0 Å². The van der Waals surface area contributed by atoms with E-state index in [0.717, 1.165) is 32.0 Å². The SMILES string of the molecule is CC1CN(CCOCCOc2ccc3c(c2)CCC3)CC(C)O1.Cl. The summed E-state index contributed by atoms with van der Waals surface area (Å²) in [6, 6.07) is 6.48. The molecule has 0 bridgehead atoms. The summed E-state index contributed by atoms with van der Waals surface area (Å²) < 4.78 is 17.3. The Hall–Kier alpha value is -0.810. The quantitative estimate of drug-likeness (QED) is 0.703.